The summed E-state index contributed by atoms with van der Waals surface area (Å²) in [5.41, 5.74) is 5.23. The number of halogens is 2. The van der Waals surface area contributed by atoms with Crippen LogP contribution in [-0.2, 0) is 6.54 Å². The van der Waals surface area contributed by atoms with Crippen molar-refractivity contribution in [3.8, 4) is 0 Å². The molecule has 0 atom stereocenters. The first-order chi connectivity index (χ1) is 9.52. The largest absolute Gasteiger partial charge is 0.384 e. The molecule has 1 aromatic heterocycles. The second-order valence-electron chi connectivity index (χ2n) is 4.30. The number of hydrogen-bond donors (Lipinski definition) is 2. The molecule has 20 heavy (non-hydrogen) atoms. The topological polar surface area (TPSA) is 53.1 Å². The third kappa shape index (κ3) is 2.96. The van der Waals surface area contributed by atoms with E-state index in [1.54, 1.807) is 16.2 Å². The predicted octanol–water partition coefficient (Wildman–Crippen LogP) is 3.34. The number of amidine groups is 1. The number of nitrogen functional groups attached to an aromatic ring is 1. The standard InChI is InChI=1S/C14H15F2N3S/c1-2-19(8-10-4-3-5-20-10)13-11(15)6-9(14(17)18)7-12(13)16/h3-7H,2,8H2,1H3,(H3,17,18). The van der Waals surface area contributed by atoms with Crippen molar-refractivity contribution < 1.29 is 8.78 Å². The van der Waals surface area contributed by atoms with Crippen molar-refractivity contribution in [2.45, 2.75) is 13.5 Å². The predicted molar refractivity (Wildman–Crippen MR) is 78.4 cm³/mol. The summed E-state index contributed by atoms with van der Waals surface area (Å²) in [5, 5.41) is 9.17. The van der Waals surface area contributed by atoms with Crippen LogP contribution in [0.3, 0.4) is 0 Å². The van der Waals surface area contributed by atoms with Gasteiger partial charge in [-0.1, -0.05) is 6.07 Å². The van der Waals surface area contributed by atoms with Crippen LogP contribution >= 0.6 is 11.3 Å². The normalized spacial score (nSPS) is 10.6. The second-order valence-corrected chi connectivity index (χ2v) is 5.33. The third-order valence-corrected chi connectivity index (χ3v) is 3.81. The Morgan fingerprint density at radius 2 is 2.00 bits per heavy atom. The molecular weight excluding hydrogens is 280 g/mol. The lowest BCUT2D eigenvalue weighted by molar-refractivity contribution is 0.571. The van der Waals surface area contributed by atoms with Crippen LogP contribution in [0.4, 0.5) is 14.5 Å². The van der Waals surface area contributed by atoms with E-state index < -0.39 is 11.6 Å². The Labute approximate surface area is 120 Å². The number of nitrogens with zero attached hydrogens (tertiary/aromatic N) is 1. The molecule has 106 valence electrons. The third-order valence-electron chi connectivity index (χ3n) is 2.95. The van der Waals surface area contributed by atoms with Gasteiger partial charge in [-0.05, 0) is 30.5 Å². The maximum atomic E-state index is 14.1. The molecule has 0 unspecified atom stereocenters. The molecule has 2 aromatic rings. The van der Waals surface area contributed by atoms with E-state index in [1.165, 1.54) is 0 Å². The van der Waals surface area contributed by atoms with Gasteiger partial charge in [-0.2, -0.15) is 0 Å². The van der Waals surface area contributed by atoms with Crippen LogP contribution in [-0.4, -0.2) is 12.4 Å². The molecule has 0 bridgehead atoms. The quantitative estimate of drug-likeness (QED) is 0.656. The van der Waals surface area contributed by atoms with Gasteiger partial charge in [-0.25, -0.2) is 8.78 Å². The Kier molecular flexibility index (Phi) is 4.34. The van der Waals surface area contributed by atoms with E-state index in [0.29, 0.717) is 13.1 Å². The fourth-order valence-corrected chi connectivity index (χ4v) is 2.68. The maximum Gasteiger partial charge on any atom is 0.150 e. The first kappa shape index (κ1) is 14.5. The van der Waals surface area contributed by atoms with E-state index in [2.05, 4.69) is 0 Å². The number of benzene rings is 1. The number of hydrogen-bond acceptors (Lipinski definition) is 3. The molecule has 0 saturated carbocycles. The molecular formula is C14H15F2N3S. The summed E-state index contributed by atoms with van der Waals surface area (Å²) >= 11 is 1.54. The van der Waals surface area contributed by atoms with E-state index in [1.807, 2.05) is 24.4 Å². The van der Waals surface area contributed by atoms with Gasteiger partial charge in [0.25, 0.3) is 0 Å². The van der Waals surface area contributed by atoms with Crippen molar-refractivity contribution in [1.82, 2.24) is 0 Å². The van der Waals surface area contributed by atoms with Gasteiger partial charge in [-0.3, -0.25) is 5.41 Å². The Morgan fingerprint density at radius 3 is 2.45 bits per heavy atom. The van der Waals surface area contributed by atoms with Crippen LogP contribution in [0.15, 0.2) is 29.6 Å². The zero-order valence-corrected chi connectivity index (χ0v) is 11.8. The number of thiophene rings is 1. The van der Waals surface area contributed by atoms with Crippen LogP contribution in [0.1, 0.15) is 17.4 Å². The minimum atomic E-state index is -0.700. The number of anilines is 1. The van der Waals surface area contributed by atoms with Crippen LogP contribution < -0.4 is 10.6 Å². The monoisotopic (exact) mass is 295 g/mol. The molecule has 0 aliphatic carbocycles. The minimum Gasteiger partial charge on any atom is -0.384 e. The van der Waals surface area contributed by atoms with Crippen molar-refractivity contribution in [3.63, 3.8) is 0 Å². The summed E-state index contributed by atoms with van der Waals surface area (Å²) < 4.78 is 28.2. The molecule has 3 N–H and O–H groups in total. The Morgan fingerprint density at radius 1 is 1.35 bits per heavy atom. The second kappa shape index (κ2) is 6.00. The molecule has 6 heteroatoms. The van der Waals surface area contributed by atoms with Gasteiger partial charge < -0.3 is 10.6 Å². The van der Waals surface area contributed by atoms with Crippen molar-refractivity contribution in [2.75, 3.05) is 11.4 Å². The number of nitrogens with two attached hydrogens (primary N) is 1. The summed E-state index contributed by atoms with van der Waals surface area (Å²) in [7, 11) is 0. The van der Waals surface area contributed by atoms with E-state index in [0.717, 1.165) is 17.0 Å². The summed E-state index contributed by atoms with van der Waals surface area (Å²) in [6.07, 6.45) is 0. The lowest BCUT2D eigenvalue weighted by atomic mass is 10.1. The highest BCUT2D eigenvalue weighted by Gasteiger charge is 2.18. The highest BCUT2D eigenvalue weighted by molar-refractivity contribution is 7.09. The van der Waals surface area contributed by atoms with Crippen LogP contribution in [0.2, 0.25) is 0 Å². The summed E-state index contributed by atoms with van der Waals surface area (Å²) in [4.78, 5) is 2.65. The maximum absolute atomic E-state index is 14.1. The van der Waals surface area contributed by atoms with Crippen molar-refractivity contribution in [2.24, 2.45) is 5.73 Å². The van der Waals surface area contributed by atoms with E-state index >= 15 is 0 Å². The molecule has 0 aliphatic heterocycles. The molecule has 2 rings (SSSR count). The lowest BCUT2D eigenvalue weighted by Crippen LogP contribution is -2.24. The fourth-order valence-electron chi connectivity index (χ4n) is 1.96. The van der Waals surface area contributed by atoms with Gasteiger partial charge in [0.1, 0.15) is 23.2 Å². The van der Waals surface area contributed by atoms with Crippen LogP contribution in [0.25, 0.3) is 0 Å². The van der Waals surface area contributed by atoms with Gasteiger partial charge in [0.2, 0.25) is 0 Å². The van der Waals surface area contributed by atoms with Crippen molar-refractivity contribution in [1.29, 1.82) is 5.41 Å². The fraction of sp³-hybridized carbons (Fsp3) is 0.214. The summed E-state index contributed by atoms with van der Waals surface area (Å²) in [6, 6.07) is 6.02. The van der Waals surface area contributed by atoms with Crippen LogP contribution in [0, 0.1) is 17.0 Å². The Bertz CT molecular complexity index is 588. The molecule has 0 saturated heterocycles. The van der Waals surface area contributed by atoms with E-state index in [-0.39, 0.29) is 17.1 Å². The Hall–Kier alpha value is -1.95. The molecule has 1 aromatic carbocycles. The lowest BCUT2D eigenvalue weighted by Gasteiger charge is -2.24. The van der Waals surface area contributed by atoms with Gasteiger partial charge in [0.05, 0.1) is 6.54 Å². The first-order valence-electron chi connectivity index (χ1n) is 6.13. The van der Waals surface area contributed by atoms with E-state index in [9.17, 15) is 8.78 Å². The molecule has 0 spiro atoms. The SMILES string of the molecule is CCN(Cc1cccs1)c1c(F)cc(C(=N)N)cc1F. The molecule has 0 radical (unpaired) electrons. The Balaban J connectivity index is 2.37. The van der Waals surface area contributed by atoms with Gasteiger partial charge >= 0.3 is 0 Å². The van der Waals surface area contributed by atoms with Crippen molar-refractivity contribution in [3.05, 3.63) is 51.7 Å². The zero-order valence-electron chi connectivity index (χ0n) is 11.0. The summed E-state index contributed by atoms with van der Waals surface area (Å²) in [6.45, 7) is 2.76. The highest BCUT2D eigenvalue weighted by Crippen LogP contribution is 2.27. The summed E-state index contributed by atoms with van der Waals surface area (Å²) in [5.74, 6) is -1.75. The molecule has 0 amide bonds. The van der Waals surface area contributed by atoms with Gasteiger partial charge in [0.15, 0.2) is 0 Å². The molecule has 0 aliphatic rings. The smallest absolute Gasteiger partial charge is 0.150 e. The molecule has 3 nitrogen and oxygen atoms in total. The zero-order chi connectivity index (χ0) is 14.7. The van der Waals surface area contributed by atoms with E-state index in [4.69, 9.17) is 11.1 Å². The van der Waals surface area contributed by atoms with Gasteiger partial charge in [-0.15, -0.1) is 11.3 Å². The molecule has 1 heterocycles. The highest BCUT2D eigenvalue weighted by atomic mass is 32.1. The van der Waals surface area contributed by atoms with Crippen molar-refractivity contribution >= 4 is 22.9 Å². The number of nitrogens with one attached hydrogen (secondary N) is 1. The average molecular weight is 295 g/mol. The average Bonchev–Trinajstić information content (AvgIpc) is 2.89. The minimum absolute atomic E-state index is 0.0518. The van der Waals surface area contributed by atoms with Gasteiger partial charge in [0, 0.05) is 17.0 Å². The first-order valence-corrected chi connectivity index (χ1v) is 7.01. The number of rotatable bonds is 5. The molecule has 0 fully saturated rings. The van der Waals surface area contributed by atoms with Crippen LogP contribution in [0.5, 0.6) is 0 Å².